The van der Waals surface area contributed by atoms with Gasteiger partial charge in [0, 0.05) is 15.6 Å². The molecule has 0 bridgehead atoms. The maximum atomic E-state index is 12.8. The third-order valence-electron chi connectivity index (χ3n) is 4.63. The monoisotopic (exact) mass is 388 g/mol. The Bertz CT molecular complexity index is 953. The van der Waals surface area contributed by atoms with Crippen molar-refractivity contribution in [3.05, 3.63) is 99.5 Å². The molecule has 2 heteroatoms. The fourth-order valence-corrected chi connectivity index (χ4v) is 3.64. The average Bonchev–Trinajstić information content (AvgIpc) is 2.66. The third kappa shape index (κ3) is 3.35. The highest BCUT2D eigenvalue weighted by molar-refractivity contribution is 9.10. The molecule has 0 saturated carbocycles. The number of aryl methyl sites for hydroxylation is 1. The lowest BCUT2D eigenvalue weighted by atomic mass is 9.86. The van der Waals surface area contributed by atoms with E-state index in [-0.39, 0.29) is 5.78 Å². The van der Waals surface area contributed by atoms with E-state index in [0.29, 0.717) is 0 Å². The number of benzene rings is 3. The molecule has 0 aromatic heterocycles. The molecule has 1 aliphatic rings. The van der Waals surface area contributed by atoms with Crippen LogP contribution in [0.25, 0.3) is 17.2 Å². The molecule has 0 N–H and O–H groups in total. The van der Waals surface area contributed by atoms with E-state index in [4.69, 9.17) is 0 Å². The van der Waals surface area contributed by atoms with Gasteiger partial charge in [0.05, 0.1) is 0 Å². The van der Waals surface area contributed by atoms with Gasteiger partial charge in [-0.1, -0.05) is 76.6 Å². The minimum Gasteiger partial charge on any atom is -0.289 e. The molecule has 122 valence electrons. The lowest BCUT2D eigenvalue weighted by molar-refractivity contribution is 0.102. The van der Waals surface area contributed by atoms with Crippen LogP contribution in [0.2, 0.25) is 0 Å². The summed E-state index contributed by atoms with van der Waals surface area (Å²) in [6.07, 6.45) is 3.75. The van der Waals surface area contributed by atoms with Crippen molar-refractivity contribution >= 4 is 27.8 Å². The van der Waals surface area contributed by atoms with Crippen molar-refractivity contribution in [3.63, 3.8) is 0 Å². The third-order valence-corrected chi connectivity index (χ3v) is 5.12. The number of ketones is 1. The fraction of sp³-hybridized carbons (Fsp3) is 0.0870. The predicted octanol–water partition coefficient (Wildman–Crippen LogP) is 6.33. The normalized spacial score (nSPS) is 15.2. The summed E-state index contributed by atoms with van der Waals surface area (Å²) in [6, 6.07) is 24.7. The molecule has 4 rings (SSSR count). The van der Waals surface area contributed by atoms with Crippen LogP contribution in [0.4, 0.5) is 0 Å². The molecule has 1 aliphatic carbocycles. The lowest BCUT2D eigenvalue weighted by Crippen LogP contribution is -2.14. The van der Waals surface area contributed by atoms with Crippen molar-refractivity contribution in [1.29, 1.82) is 0 Å². The molecule has 0 heterocycles. The summed E-state index contributed by atoms with van der Waals surface area (Å²) >= 11 is 3.46. The summed E-state index contributed by atoms with van der Waals surface area (Å²) in [6.45, 7) is 0. The van der Waals surface area contributed by atoms with Gasteiger partial charge < -0.3 is 0 Å². The summed E-state index contributed by atoms with van der Waals surface area (Å²) in [5.41, 5.74) is 6.32. The van der Waals surface area contributed by atoms with Crippen molar-refractivity contribution in [1.82, 2.24) is 0 Å². The largest absolute Gasteiger partial charge is 0.289 e. The highest BCUT2D eigenvalue weighted by atomic mass is 79.9. The van der Waals surface area contributed by atoms with E-state index in [2.05, 4.69) is 52.3 Å². The van der Waals surface area contributed by atoms with Crippen LogP contribution in [0.5, 0.6) is 0 Å². The van der Waals surface area contributed by atoms with Gasteiger partial charge in [-0.25, -0.2) is 0 Å². The summed E-state index contributed by atoms with van der Waals surface area (Å²) in [5.74, 6) is 0.148. The van der Waals surface area contributed by atoms with Crippen molar-refractivity contribution < 1.29 is 4.79 Å². The van der Waals surface area contributed by atoms with Gasteiger partial charge in [0.2, 0.25) is 0 Å². The van der Waals surface area contributed by atoms with Crippen LogP contribution in [0.3, 0.4) is 0 Å². The molecule has 0 spiro atoms. The second-order valence-electron chi connectivity index (χ2n) is 6.29. The zero-order chi connectivity index (χ0) is 17.2. The van der Waals surface area contributed by atoms with Gasteiger partial charge in [0.1, 0.15) is 0 Å². The van der Waals surface area contributed by atoms with Crippen LogP contribution < -0.4 is 0 Å². The Morgan fingerprint density at radius 1 is 0.800 bits per heavy atom. The maximum absolute atomic E-state index is 12.8. The number of carbonyl (C=O) groups excluding carboxylic acids is 1. The van der Waals surface area contributed by atoms with Crippen molar-refractivity contribution in [2.24, 2.45) is 0 Å². The number of halogens is 1. The minimum absolute atomic E-state index is 0.148. The molecule has 0 radical (unpaired) electrons. The second-order valence-corrected chi connectivity index (χ2v) is 7.20. The number of rotatable bonds is 2. The van der Waals surface area contributed by atoms with E-state index in [1.165, 1.54) is 11.1 Å². The number of fused-ring (bicyclic) bond motifs is 1. The van der Waals surface area contributed by atoms with E-state index in [9.17, 15) is 4.79 Å². The summed E-state index contributed by atoms with van der Waals surface area (Å²) < 4.78 is 0.952. The molecule has 3 aromatic rings. The van der Waals surface area contributed by atoms with E-state index >= 15 is 0 Å². The van der Waals surface area contributed by atoms with Gasteiger partial charge >= 0.3 is 0 Å². The van der Waals surface area contributed by atoms with Crippen LogP contribution in [-0.4, -0.2) is 5.78 Å². The Balaban J connectivity index is 1.62. The van der Waals surface area contributed by atoms with Crippen LogP contribution in [0, 0.1) is 0 Å². The molecule has 3 aromatic carbocycles. The fourth-order valence-electron chi connectivity index (χ4n) is 3.28. The van der Waals surface area contributed by atoms with Crippen molar-refractivity contribution in [2.45, 2.75) is 12.8 Å². The number of carbonyl (C=O) groups is 1. The average molecular weight is 389 g/mol. The molecule has 0 saturated heterocycles. The molecule has 0 atom stereocenters. The van der Waals surface area contributed by atoms with Gasteiger partial charge in [-0.3, -0.25) is 4.79 Å². The molecule has 25 heavy (non-hydrogen) atoms. The van der Waals surface area contributed by atoms with Gasteiger partial charge in [-0.15, -0.1) is 0 Å². The first-order chi connectivity index (χ1) is 12.2. The zero-order valence-corrected chi connectivity index (χ0v) is 15.3. The number of hydrogen-bond acceptors (Lipinski definition) is 1. The number of allylic oxidation sites excluding steroid dienone is 1. The van der Waals surface area contributed by atoms with Crippen LogP contribution in [0.1, 0.15) is 27.9 Å². The van der Waals surface area contributed by atoms with Crippen LogP contribution >= 0.6 is 15.9 Å². The van der Waals surface area contributed by atoms with E-state index in [0.717, 1.165) is 39.6 Å². The van der Waals surface area contributed by atoms with Gasteiger partial charge in [0.25, 0.3) is 0 Å². The quantitative estimate of drug-likeness (QED) is 0.468. The Hall–Kier alpha value is -2.45. The van der Waals surface area contributed by atoms with E-state index in [1.807, 2.05) is 42.5 Å². The van der Waals surface area contributed by atoms with Gasteiger partial charge in [-0.2, -0.15) is 0 Å². The highest BCUT2D eigenvalue weighted by Crippen LogP contribution is 2.29. The first kappa shape index (κ1) is 16.0. The Kier molecular flexibility index (Phi) is 4.37. The highest BCUT2D eigenvalue weighted by Gasteiger charge is 2.21. The standard InChI is InChI=1S/C23H17BrO/c24-21-13-12-19-10-11-20(23(25)22(19)15-21)14-16-6-8-18(9-7-16)17-4-2-1-3-5-17/h1-9,12-15H,10-11H2/b20-14+. The first-order valence-corrected chi connectivity index (χ1v) is 9.19. The number of hydrogen-bond donors (Lipinski definition) is 0. The summed E-state index contributed by atoms with van der Waals surface area (Å²) in [5, 5.41) is 0. The van der Waals surface area contributed by atoms with E-state index in [1.54, 1.807) is 0 Å². The summed E-state index contributed by atoms with van der Waals surface area (Å²) in [7, 11) is 0. The molecule has 0 amide bonds. The predicted molar refractivity (Wildman–Crippen MR) is 107 cm³/mol. The maximum Gasteiger partial charge on any atom is 0.189 e. The number of Topliss-reactive ketones (excluding diaryl/α,β-unsaturated/α-hetero) is 1. The van der Waals surface area contributed by atoms with Crippen LogP contribution in [0.15, 0.2) is 82.8 Å². The smallest absolute Gasteiger partial charge is 0.189 e. The van der Waals surface area contributed by atoms with Gasteiger partial charge in [-0.05, 0) is 53.3 Å². The Morgan fingerprint density at radius 3 is 2.28 bits per heavy atom. The van der Waals surface area contributed by atoms with Crippen LogP contribution in [-0.2, 0) is 6.42 Å². The Morgan fingerprint density at radius 2 is 1.52 bits per heavy atom. The SMILES string of the molecule is O=C1/C(=C/c2ccc(-c3ccccc3)cc2)CCc2ccc(Br)cc21. The van der Waals surface area contributed by atoms with Gasteiger partial charge in [0.15, 0.2) is 5.78 Å². The van der Waals surface area contributed by atoms with Crippen molar-refractivity contribution in [3.8, 4) is 11.1 Å². The molecular formula is C23H17BrO. The second kappa shape index (κ2) is 6.81. The Labute approximate surface area is 156 Å². The van der Waals surface area contributed by atoms with Crippen molar-refractivity contribution in [2.75, 3.05) is 0 Å². The lowest BCUT2D eigenvalue weighted by Gasteiger charge is -2.17. The molecule has 0 aliphatic heterocycles. The topological polar surface area (TPSA) is 17.1 Å². The first-order valence-electron chi connectivity index (χ1n) is 8.40. The molecule has 0 unspecified atom stereocenters. The zero-order valence-electron chi connectivity index (χ0n) is 13.7. The minimum atomic E-state index is 0.148. The molecule has 0 fully saturated rings. The molecule has 1 nitrogen and oxygen atoms in total. The van der Waals surface area contributed by atoms with E-state index < -0.39 is 0 Å². The molecular weight excluding hydrogens is 372 g/mol. The summed E-state index contributed by atoms with van der Waals surface area (Å²) in [4.78, 5) is 12.8.